The third-order valence-electron chi connectivity index (χ3n) is 1.95. The van der Waals surface area contributed by atoms with Crippen molar-refractivity contribution in [2.75, 3.05) is 51.4 Å². The minimum Gasteiger partial charge on any atom is -0.378 e. The molecule has 0 unspecified atom stereocenters. The molecular weight excluding hydrogens is 242 g/mol. The summed E-state index contributed by atoms with van der Waals surface area (Å²) in [6.07, 6.45) is 0. The van der Waals surface area contributed by atoms with Crippen molar-refractivity contribution < 1.29 is 4.74 Å². The fourth-order valence-corrected chi connectivity index (χ4v) is 1.32. The molecule has 0 fully saturated rings. The van der Waals surface area contributed by atoms with Crippen LogP contribution < -0.4 is 11.1 Å². The summed E-state index contributed by atoms with van der Waals surface area (Å²) in [4.78, 5) is 9.82. The van der Waals surface area contributed by atoms with Crippen molar-refractivity contribution in [3.63, 3.8) is 0 Å². The van der Waals surface area contributed by atoms with Gasteiger partial charge >= 0.3 is 0 Å². The van der Waals surface area contributed by atoms with Gasteiger partial charge in [0.15, 0.2) is 0 Å². The zero-order chi connectivity index (χ0) is 12.7. The zero-order valence-corrected chi connectivity index (χ0v) is 10.9. The van der Waals surface area contributed by atoms with Gasteiger partial charge in [0.2, 0.25) is 5.95 Å². The summed E-state index contributed by atoms with van der Waals surface area (Å²) < 4.78 is 5.41. The number of halogens is 1. The van der Waals surface area contributed by atoms with E-state index in [1.165, 1.54) is 0 Å². The van der Waals surface area contributed by atoms with Gasteiger partial charge in [-0.25, -0.2) is 4.98 Å². The van der Waals surface area contributed by atoms with Crippen LogP contribution in [0.25, 0.3) is 0 Å². The van der Waals surface area contributed by atoms with E-state index in [9.17, 15) is 0 Å². The monoisotopic (exact) mass is 259 g/mol. The molecule has 7 heteroatoms. The molecule has 1 aromatic rings. The highest BCUT2D eigenvalue weighted by Crippen LogP contribution is 2.11. The predicted octanol–water partition coefficient (Wildman–Crippen LogP) is 0.702. The predicted molar refractivity (Wildman–Crippen MR) is 69.3 cm³/mol. The number of hydrogen-bond donors (Lipinski definition) is 2. The van der Waals surface area contributed by atoms with E-state index in [-0.39, 0.29) is 5.95 Å². The van der Waals surface area contributed by atoms with Gasteiger partial charge in [-0.3, -0.25) is 0 Å². The number of ether oxygens (including phenoxy) is 1. The number of aromatic nitrogens is 2. The Labute approximate surface area is 106 Å². The van der Waals surface area contributed by atoms with Gasteiger partial charge in [-0.2, -0.15) is 4.98 Å². The van der Waals surface area contributed by atoms with Crippen molar-refractivity contribution >= 4 is 23.4 Å². The van der Waals surface area contributed by atoms with Crippen LogP contribution in [-0.4, -0.2) is 55.3 Å². The molecule has 0 bridgehead atoms. The SMILES string of the molecule is CN(C)CCOCCNc1cc(Cl)nc(N)n1. The van der Waals surface area contributed by atoms with Crippen LogP contribution in [0.1, 0.15) is 0 Å². The van der Waals surface area contributed by atoms with Crippen molar-refractivity contribution in [3.05, 3.63) is 11.2 Å². The first kappa shape index (κ1) is 14.0. The molecule has 0 aliphatic carbocycles. The molecule has 3 N–H and O–H groups in total. The molecule has 17 heavy (non-hydrogen) atoms. The Kier molecular flexibility index (Phi) is 5.96. The second-order valence-corrected chi connectivity index (χ2v) is 4.16. The molecule has 1 heterocycles. The number of nitrogens with one attached hydrogen (secondary N) is 1. The highest BCUT2D eigenvalue weighted by Gasteiger charge is 1.99. The Bertz CT molecular complexity index is 327. The van der Waals surface area contributed by atoms with E-state index in [0.29, 0.717) is 30.7 Å². The lowest BCUT2D eigenvalue weighted by molar-refractivity contribution is 0.126. The molecule has 0 saturated carbocycles. The van der Waals surface area contributed by atoms with E-state index < -0.39 is 0 Å². The normalized spacial score (nSPS) is 10.8. The van der Waals surface area contributed by atoms with Crippen LogP contribution >= 0.6 is 11.6 Å². The summed E-state index contributed by atoms with van der Waals surface area (Å²) in [5, 5.41) is 3.39. The van der Waals surface area contributed by atoms with Crippen molar-refractivity contribution in [2.45, 2.75) is 0 Å². The van der Waals surface area contributed by atoms with Gasteiger partial charge in [0, 0.05) is 19.2 Å². The zero-order valence-electron chi connectivity index (χ0n) is 10.1. The maximum atomic E-state index is 5.74. The average molecular weight is 260 g/mol. The molecule has 0 aliphatic rings. The third kappa shape index (κ3) is 6.25. The Morgan fingerprint density at radius 1 is 1.41 bits per heavy atom. The number of nitrogens with zero attached hydrogens (tertiary/aromatic N) is 3. The Morgan fingerprint density at radius 2 is 2.18 bits per heavy atom. The lowest BCUT2D eigenvalue weighted by atomic mass is 10.5. The van der Waals surface area contributed by atoms with Crippen LogP contribution in [0.15, 0.2) is 6.07 Å². The maximum Gasteiger partial charge on any atom is 0.223 e. The molecule has 0 radical (unpaired) electrons. The average Bonchev–Trinajstić information content (AvgIpc) is 2.21. The second-order valence-electron chi connectivity index (χ2n) is 3.78. The van der Waals surface area contributed by atoms with E-state index in [2.05, 4.69) is 20.2 Å². The molecule has 0 amide bonds. The van der Waals surface area contributed by atoms with Gasteiger partial charge in [0.25, 0.3) is 0 Å². The van der Waals surface area contributed by atoms with Crippen LogP contribution in [-0.2, 0) is 4.74 Å². The number of likely N-dealkylation sites (N-methyl/N-ethyl adjacent to an activating group) is 1. The fourth-order valence-electron chi connectivity index (χ4n) is 1.13. The number of nitrogen functional groups attached to an aromatic ring is 1. The van der Waals surface area contributed by atoms with Crippen LogP contribution in [0.4, 0.5) is 11.8 Å². The molecule has 0 aromatic carbocycles. The molecule has 1 rings (SSSR count). The third-order valence-corrected chi connectivity index (χ3v) is 2.14. The van der Waals surface area contributed by atoms with E-state index in [1.54, 1.807) is 6.07 Å². The molecule has 96 valence electrons. The van der Waals surface area contributed by atoms with Crippen LogP contribution in [0.2, 0.25) is 5.15 Å². The van der Waals surface area contributed by atoms with Gasteiger partial charge in [0.1, 0.15) is 11.0 Å². The topological polar surface area (TPSA) is 76.3 Å². The van der Waals surface area contributed by atoms with Crippen LogP contribution in [0.3, 0.4) is 0 Å². The molecule has 0 spiro atoms. The van der Waals surface area contributed by atoms with Crippen molar-refractivity contribution in [3.8, 4) is 0 Å². The summed E-state index contributed by atoms with van der Waals surface area (Å²) >= 11 is 5.74. The largest absolute Gasteiger partial charge is 0.378 e. The summed E-state index contributed by atoms with van der Waals surface area (Å²) in [6.45, 7) is 2.88. The number of anilines is 2. The molecule has 1 aromatic heterocycles. The quantitative estimate of drug-likeness (QED) is 0.555. The van der Waals surface area contributed by atoms with Crippen LogP contribution in [0.5, 0.6) is 0 Å². The lowest BCUT2D eigenvalue weighted by Gasteiger charge is -2.10. The molecular formula is C10H18ClN5O. The Balaban J connectivity index is 2.18. The Hall–Kier alpha value is -1.11. The van der Waals surface area contributed by atoms with Crippen molar-refractivity contribution in [1.29, 1.82) is 0 Å². The van der Waals surface area contributed by atoms with Crippen molar-refractivity contribution in [2.24, 2.45) is 0 Å². The first-order valence-corrected chi connectivity index (χ1v) is 5.72. The summed E-state index contributed by atoms with van der Waals surface area (Å²) in [5.74, 6) is 0.771. The van der Waals surface area contributed by atoms with Gasteiger partial charge in [-0.1, -0.05) is 11.6 Å². The number of rotatable bonds is 7. The summed E-state index contributed by atoms with van der Waals surface area (Å²) in [6, 6.07) is 1.62. The first-order chi connectivity index (χ1) is 8.08. The lowest BCUT2D eigenvalue weighted by Crippen LogP contribution is -2.20. The minimum absolute atomic E-state index is 0.161. The van der Waals surface area contributed by atoms with E-state index >= 15 is 0 Å². The van der Waals surface area contributed by atoms with E-state index in [1.807, 2.05) is 14.1 Å². The Morgan fingerprint density at radius 3 is 2.82 bits per heavy atom. The smallest absolute Gasteiger partial charge is 0.223 e. The van der Waals surface area contributed by atoms with Gasteiger partial charge < -0.3 is 20.7 Å². The number of nitrogens with two attached hydrogens (primary N) is 1. The molecule has 0 aliphatic heterocycles. The van der Waals surface area contributed by atoms with Crippen molar-refractivity contribution in [1.82, 2.24) is 14.9 Å². The van der Waals surface area contributed by atoms with Gasteiger partial charge in [-0.15, -0.1) is 0 Å². The molecule has 6 nitrogen and oxygen atoms in total. The number of hydrogen-bond acceptors (Lipinski definition) is 6. The van der Waals surface area contributed by atoms with E-state index in [0.717, 1.165) is 6.54 Å². The summed E-state index contributed by atoms with van der Waals surface area (Å²) in [7, 11) is 4.01. The highest BCUT2D eigenvalue weighted by molar-refractivity contribution is 6.29. The second kappa shape index (κ2) is 7.26. The maximum absolute atomic E-state index is 5.74. The standard InChI is InChI=1S/C10H18ClN5O/c1-16(2)4-6-17-5-3-13-9-7-8(11)14-10(12)15-9/h7H,3-6H2,1-2H3,(H3,12,13,14,15). The first-order valence-electron chi connectivity index (χ1n) is 5.34. The van der Waals surface area contributed by atoms with Gasteiger partial charge in [0.05, 0.1) is 13.2 Å². The van der Waals surface area contributed by atoms with E-state index in [4.69, 9.17) is 22.1 Å². The highest BCUT2D eigenvalue weighted by atomic mass is 35.5. The van der Waals surface area contributed by atoms with Crippen LogP contribution in [0, 0.1) is 0 Å². The molecule has 0 saturated heterocycles. The summed E-state index contributed by atoms with van der Waals surface area (Å²) in [5.41, 5.74) is 5.46. The fraction of sp³-hybridized carbons (Fsp3) is 0.600. The minimum atomic E-state index is 0.161. The van der Waals surface area contributed by atoms with Gasteiger partial charge in [-0.05, 0) is 14.1 Å². The molecule has 0 atom stereocenters.